The van der Waals surface area contributed by atoms with Crippen molar-refractivity contribution >= 4 is 23.6 Å². The summed E-state index contributed by atoms with van der Waals surface area (Å²) in [5.41, 5.74) is 1.86. The molecule has 0 aliphatic heterocycles. The van der Waals surface area contributed by atoms with Gasteiger partial charge in [0, 0.05) is 38.6 Å². The molecule has 90 valence electrons. The van der Waals surface area contributed by atoms with Gasteiger partial charge >= 0.3 is 0 Å². The van der Waals surface area contributed by atoms with E-state index in [2.05, 4.69) is 0 Å². The van der Waals surface area contributed by atoms with Crippen molar-refractivity contribution in [2.75, 3.05) is 30.9 Å². The first-order chi connectivity index (χ1) is 8.06. The fourth-order valence-corrected chi connectivity index (χ4v) is 1.34. The van der Waals surface area contributed by atoms with Crippen LogP contribution in [0.1, 0.15) is 0 Å². The molecule has 4 nitrogen and oxygen atoms in total. The van der Waals surface area contributed by atoms with E-state index in [1.807, 2.05) is 43.3 Å². The van der Waals surface area contributed by atoms with E-state index in [0.717, 1.165) is 11.4 Å². The van der Waals surface area contributed by atoms with Crippen LogP contribution in [0.4, 0.5) is 11.4 Å². The molecule has 1 aromatic carbocycles. The first-order valence-corrected chi connectivity index (χ1v) is 5.23. The van der Waals surface area contributed by atoms with Gasteiger partial charge in [0.05, 0.1) is 0 Å². The van der Waals surface area contributed by atoms with E-state index in [1.54, 1.807) is 7.05 Å². The number of nitrogens with zero attached hydrogens (tertiary/aromatic N) is 2. The molecule has 17 heavy (non-hydrogen) atoms. The van der Waals surface area contributed by atoms with Crippen molar-refractivity contribution in [3.63, 3.8) is 0 Å². The number of anilines is 2. The minimum atomic E-state index is -0.227. The maximum atomic E-state index is 11.6. The molecular formula is C13H16N2O2. The number of likely N-dealkylation sites (N-methyl/N-ethyl adjacent to an activating group) is 1. The van der Waals surface area contributed by atoms with Gasteiger partial charge in [-0.1, -0.05) is 0 Å². The van der Waals surface area contributed by atoms with Gasteiger partial charge in [-0.2, -0.15) is 0 Å². The van der Waals surface area contributed by atoms with Crippen LogP contribution in [0.3, 0.4) is 0 Å². The molecule has 0 atom stereocenters. The summed E-state index contributed by atoms with van der Waals surface area (Å²) in [7, 11) is 5.58. The summed E-state index contributed by atoms with van der Waals surface area (Å²) in [6.45, 7) is 0. The molecule has 0 fully saturated rings. The van der Waals surface area contributed by atoms with Crippen LogP contribution in [0.25, 0.3) is 0 Å². The molecule has 0 aromatic heterocycles. The number of hydrogen-bond acceptors (Lipinski definition) is 3. The number of carbonyl (C=O) groups excluding carboxylic acids is 2. The molecule has 0 aliphatic carbocycles. The number of benzene rings is 1. The Kier molecular flexibility index (Phi) is 4.46. The maximum absolute atomic E-state index is 11.6. The van der Waals surface area contributed by atoms with Gasteiger partial charge in [0.1, 0.15) is 6.29 Å². The van der Waals surface area contributed by atoms with Crippen LogP contribution in [0.2, 0.25) is 0 Å². The first-order valence-electron chi connectivity index (χ1n) is 5.23. The number of hydrogen-bond donors (Lipinski definition) is 0. The van der Waals surface area contributed by atoms with E-state index in [-0.39, 0.29) is 5.91 Å². The molecule has 1 rings (SSSR count). The largest absolute Gasteiger partial charge is 0.378 e. The van der Waals surface area contributed by atoms with Gasteiger partial charge < -0.3 is 9.80 Å². The zero-order valence-corrected chi connectivity index (χ0v) is 10.3. The quantitative estimate of drug-likeness (QED) is 0.583. The molecule has 0 spiro atoms. The van der Waals surface area contributed by atoms with Crippen LogP contribution >= 0.6 is 0 Å². The van der Waals surface area contributed by atoms with E-state index < -0.39 is 0 Å². The standard InChI is InChI=1S/C13H16N2O2/c1-14(2)11-6-8-12(9-7-11)15(3)13(17)5-4-10-16/h4-10H,1-3H3/b5-4-. The molecule has 4 heteroatoms. The summed E-state index contributed by atoms with van der Waals surface area (Å²) in [6.07, 6.45) is 3.01. The van der Waals surface area contributed by atoms with Gasteiger partial charge in [-0.3, -0.25) is 9.59 Å². The molecule has 0 saturated heterocycles. The second-order valence-corrected chi connectivity index (χ2v) is 3.80. The summed E-state index contributed by atoms with van der Waals surface area (Å²) < 4.78 is 0. The Labute approximate surface area is 101 Å². The minimum absolute atomic E-state index is 0.227. The van der Waals surface area contributed by atoms with Crippen molar-refractivity contribution in [1.29, 1.82) is 0 Å². The van der Waals surface area contributed by atoms with Crippen molar-refractivity contribution < 1.29 is 9.59 Å². The van der Waals surface area contributed by atoms with Crippen LogP contribution in [-0.2, 0) is 9.59 Å². The lowest BCUT2D eigenvalue weighted by atomic mass is 10.2. The Morgan fingerprint density at radius 1 is 1.06 bits per heavy atom. The summed E-state index contributed by atoms with van der Waals surface area (Å²) in [4.78, 5) is 25.2. The number of carbonyl (C=O) groups is 2. The first kappa shape index (κ1) is 13.0. The third-order valence-electron chi connectivity index (χ3n) is 2.40. The highest BCUT2D eigenvalue weighted by Crippen LogP contribution is 2.18. The third-order valence-corrected chi connectivity index (χ3v) is 2.40. The minimum Gasteiger partial charge on any atom is -0.378 e. The summed E-state index contributed by atoms with van der Waals surface area (Å²) in [5.74, 6) is -0.227. The van der Waals surface area contributed by atoms with E-state index in [9.17, 15) is 9.59 Å². The molecule has 0 aliphatic rings. The zero-order chi connectivity index (χ0) is 12.8. The van der Waals surface area contributed by atoms with Gasteiger partial charge in [0.25, 0.3) is 5.91 Å². The lowest BCUT2D eigenvalue weighted by Gasteiger charge is -2.17. The number of allylic oxidation sites excluding steroid dienone is 1. The smallest absolute Gasteiger partial charge is 0.250 e. The van der Waals surface area contributed by atoms with Crippen molar-refractivity contribution in [2.24, 2.45) is 0 Å². The second kappa shape index (κ2) is 5.84. The highest BCUT2D eigenvalue weighted by molar-refractivity contribution is 6.02. The SMILES string of the molecule is CN(C)c1ccc(N(C)C(=O)/C=C\C=O)cc1. The Bertz CT molecular complexity index is 422. The van der Waals surface area contributed by atoms with Gasteiger partial charge in [-0.15, -0.1) is 0 Å². The molecular weight excluding hydrogens is 216 g/mol. The molecule has 1 aromatic rings. The van der Waals surface area contributed by atoms with Crippen molar-refractivity contribution in [2.45, 2.75) is 0 Å². The average Bonchev–Trinajstić information content (AvgIpc) is 2.35. The van der Waals surface area contributed by atoms with Gasteiger partial charge in [-0.25, -0.2) is 0 Å². The van der Waals surface area contributed by atoms with Gasteiger partial charge in [0.2, 0.25) is 0 Å². The van der Waals surface area contributed by atoms with E-state index in [1.165, 1.54) is 17.1 Å². The molecule has 0 radical (unpaired) electrons. The topological polar surface area (TPSA) is 40.6 Å². The van der Waals surface area contributed by atoms with E-state index in [0.29, 0.717) is 6.29 Å². The highest BCUT2D eigenvalue weighted by atomic mass is 16.2. The lowest BCUT2D eigenvalue weighted by molar-refractivity contribution is -0.114. The van der Waals surface area contributed by atoms with Crippen molar-refractivity contribution in [3.05, 3.63) is 36.4 Å². The Morgan fingerprint density at radius 3 is 2.06 bits per heavy atom. The third kappa shape index (κ3) is 3.45. The van der Waals surface area contributed by atoms with E-state index in [4.69, 9.17) is 0 Å². The van der Waals surface area contributed by atoms with Gasteiger partial charge in [0.15, 0.2) is 0 Å². The normalized spacial score (nSPS) is 10.3. The van der Waals surface area contributed by atoms with Gasteiger partial charge in [-0.05, 0) is 30.3 Å². The molecule has 0 unspecified atom stereocenters. The second-order valence-electron chi connectivity index (χ2n) is 3.80. The number of rotatable bonds is 4. The average molecular weight is 232 g/mol. The van der Waals surface area contributed by atoms with Crippen LogP contribution < -0.4 is 9.80 Å². The fraction of sp³-hybridized carbons (Fsp3) is 0.231. The maximum Gasteiger partial charge on any atom is 0.250 e. The van der Waals surface area contributed by atoms with E-state index >= 15 is 0 Å². The molecule has 0 saturated carbocycles. The Balaban J connectivity index is 2.82. The Morgan fingerprint density at radius 2 is 1.59 bits per heavy atom. The fourth-order valence-electron chi connectivity index (χ4n) is 1.34. The van der Waals surface area contributed by atoms with Crippen LogP contribution in [-0.4, -0.2) is 33.3 Å². The molecule has 1 amide bonds. The van der Waals surface area contributed by atoms with Crippen molar-refractivity contribution in [1.82, 2.24) is 0 Å². The summed E-state index contributed by atoms with van der Waals surface area (Å²) in [6, 6.07) is 7.59. The molecule has 0 bridgehead atoms. The highest BCUT2D eigenvalue weighted by Gasteiger charge is 2.07. The van der Waals surface area contributed by atoms with Crippen LogP contribution in [0.15, 0.2) is 36.4 Å². The number of aldehydes is 1. The van der Waals surface area contributed by atoms with Crippen LogP contribution in [0.5, 0.6) is 0 Å². The predicted octanol–water partition coefficient (Wildman–Crippen LogP) is 1.47. The predicted molar refractivity (Wildman–Crippen MR) is 69.4 cm³/mol. The van der Waals surface area contributed by atoms with Crippen molar-refractivity contribution in [3.8, 4) is 0 Å². The lowest BCUT2D eigenvalue weighted by Crippen LogP contribution is -2.24. The molecule has 0 heterocycles. The monoisotopic (exact) mass is 232 g/mol. The van der Waals surface area contributed by atoms with Crippen LogP contribution in [0, 0.1) is 0 Å². The summed E-state index contributed by atoms with van der Waals surface area (Å²) >= 11 is 0. The zero-order valence-electron chi connectivity index (χ0n) is 10.3. The Hall–Kier alpha value is -2.10. The molecule has 0 N–H and O–H groups in total. The number of amides is 1. The summed E-state index contributed by atoms with van der Waals surface area (Å²) in [5, 5.41) is 0.